The summed E-state index contributed by atoms with van der Waals surface area (Å²) in [5.41, 5.74) is 0. The van der Waals surface area contributed by atoms with Crippen molar-refractivity contribution in [3.8, 4) is 5.75 Å². The van der Waals surface area contributed by atoms with Crippen LogP contribution in [0.1, 0.15) is 0 Å². The van der Waals surface area contributed by atoms with Crippen molar-refractivity contribution in [2.75, 3.05) is 11.8 Å². The van der Waals surface area contributed by atoms with Crippen molar-refractivity contribution < 1.29 is 4.74 Å². The molecule has 0 spiro atoms. The number of rotatable bonds is 3. The SMILES string of the molecule is Clc1ccc(OCN=C2SCS2)cc1. The van der Waals surface area contributed by atoms with Gasteiger partial charge in [0.15, 0.2) is 6.73 Å². The molecule has 1 aromatic rings. The maximum Gasteiger partial charge on any atom is 0.180 e. The number of benzene rings is 1. The van der Waals surface area contributed by atoms with Crippen LogP contribution < -0.4 is 4.74 Å². The molecule has 2 nitrogen and oxygen atoms in total. The minimum Gasteiger partial charge on any atom is -0.471 e. The molecule has 0 saturated carbocycles. The van der Waals surface area contributed by atoms with E-state index >= 15 is 0 Å². The Bertz CT molecular complexity index is 333. The molecule has 0 atom stereocenters. The number of hydrogen-bond acceptors (Lipinski definition) is 4. The summed E-state index contributed by atoms with van der Waals surface area (Å²) in [7, 11) is 0. The summed E-state index contributed by atoms with van der Waals surface area (Å²) < 4.78 is 6.50. The lowest BCUT2D eigenvalue weighted by Gasteiger charge is -2.12. The third-order valence-electron chi connectivity index (χ3n) is 1.60. The molecule has 1 aliphatic heterocycles. The molecule has 14 heavy (non-hydrogen) atoms. The fourth-order valence-electron chi connectivity index (χ4n) is 0.893. The Balaban J connectivity index is 1.82. The van der Waals surface area contributed by atoms with Gasteiger partial charge in [-0.2, -0.15) is 0 Å². The second-order valence-corrected chi connectivity index (χ2v) is 5.55. The van der Waals surface area contributed by atoms with Crippen molar-refractivity contribution in [2.45, 2.75) is 0 Å². The molecule has 0 amide bonds. The molecule has 1 aliphatic rings. The Kier molecular flexibility index (Phi) is 3.61. The number of ether oxygens (including phenoxy) is 1. The van der Waals surface area contributed by atoms with Gasteiger partial charge in [0.2, 0.25) is 0 Å². The van der Waals surface area contributed by atoms with Crippen molar-refractivity contribution in [3.05, 3.63) is 29.3 Å². The van der Waals surface area contributed by atoms with E-state index in [9.17, 15) is 0 Å². The maximum absolute atomic E-state index is 5.74. The molecular formula is C9H8ClNOS2. The molecule has 1 heterocycles. The van der Waals surface area contributed by atoms with Crippen LogP contribution in [-0.2, 0) is 0 Å². The quantitative estimate of drug-likeness (QED) is 0.814. The molecule has 74 valence electrons. The fraction of sp³-hybridized carbons (Fsp3) is 0.222. The highest BCUT2D eigenvalue weighted by Crippen LogP contribution is 2.32. The molecule has 0 aromatic heterocycles. The average Bonchev–Trinajstić information content (AvgIpc) is 2.12. The molecule has 0 N–H and O–H groups in total. The number of halogens is 1. The molecule has 1 aromatic carbocycles. The van der Waals surface area contributed by atoms with Gasteiger partial charge in [0, 0.05) is 5.02 Å². The number of hydrogen-bond donors (Lipinski definition) is 0. The van der Waals surface area contributed by atoms with Crippen LogP contribution in [0.25, 0.3) is 0 Å². The van der Waals surface area contributed by atoms with E-state index in [1.807, 2.05) is 12.1 Å². The third-order valence-corrected chi connectivity index (χ3v) is 4.26. The van der Waals surface area contributed by atoms with E-state index in [0.29, 0.717) is 11.8 Å². The highest BCUT2D eigenvalue weighted by molar-refractivity contribution is 8.52. The second kappa shape index (κ2) is 4.96. The molecule has 2 rings (SSSR count). The highest BCUT2D eigenvalue weighted by atomic mass is 35.5. The lowest BCUT2D eigenvalue weighted by molar-refractivity contribution is 0.332. The molecule has 5 heteroatoms. The summed E-state index contributed by atoms with van der Waals surface area (Å²) in [5, 5.41) is 1.83. The van der Waals surface area contributed by atoms with Crippen LogP contribution in [0.2, 0.25) is 5.02 Å². The first kappa shape index (κ1) is 10.2. The van der Waals surface area contributed by atoms with Crippen LogP contribution in [0.3, 0.4) is 0 Å². The van der Waals surface area contributed by atoms with Crippen LogP contribution >= 0.6 is 35.1 Å². The van der Waals surface area contributed by atoms with E-state index in [2.05, 4.69) is 4.99 Å². The standard InChI is InChI=1S/C9H8ClNOS2/c10-7-1-3-8(4-2-7)12-5-11-9-13-6-14-9/h1-4H,5-6H2. The van der Waals surface area contributed by atoms with E-state index in [1.165, 1.54) is 0 Å². The summed E-state index contributed by atoms with van der Waals surface area (Å²) in [4.78, 5) is 4.23. The Morgan fingerprint density at radius 1 is 1.29 bits per heavy atom. The van der Waals surface area contributed by atoms with Crippen LogP contribution in [0, 0.1) is 0 Å². The van der Waals surface area contributed by atoms with Gasteiger partial charge in [0.1, 0.15) is 10.1 Å². The van der Waals surface area contributed by atoms with Crippen molar-refractivity contribution in [3.63, 3.8) is 0 Å². The first-order valence-corrected chi connectivity index (χ1v) is 6.38. The van der Waals surface area contributed by atoms with Gasteiger partial charge in [-0.05, 0) is 24.3 Å². The Morgan fingerprint density at radius 2 is 2.00 bits per heavy atom. The van der Waals surface area contributed by atoms with E-state index in [1.54, 1.807) is 35.7 Å². The van der Waals surface area contributed by atoms with Gasteiger partial charge >= 0.3 is 0 Å². The zero-order chi connectivity index (χ0) is 9.80. The van der Waals surface area contributed by atoms with Gasteiger partial charge in [0.05, 0.1) is 5.08 Å². The van der Waals surface area contributed by atoms with Gasteiger partial charge in [-0.3, -0.25) is 0 Å². The zero-order valence-corrected chi connectivity index (χ0v) is 9.66. The van der Waals surface area contributed by atoms with Gasteiger partial charge in [-0.1, -0.05) is 35.1 Å². The van der Waals surface area contributed by atoms with Crippen LogP contribution in [0.15, 0.2) is 29.3 Å². The average molecular weight is 246 g/mol. The normalized spacial score (nSPS) is 14.8. The van der Waals surface area contributed by atoms with E-state index < -0.39 is 0 Å². The van der Waals surface area contributed by atoms with Crippen molar-refractivity contribution in [2.24, 2.45) is 4.99 Å². The smallest absolute Gasteiger partial charge is 0.180 e. The molecule has 0 unspecified atom stereocenters. The van der Waals surface area contributed by atoms with E-state index in [0.717, 1.165) is 15.2 Å². The molecule has 1 fully saturated rings. The number of thioether (sulfide) groups is 2. The van der Waals surface area contributed by atoms with Gasteiger partial charge in [-0.25, -0.2) is 4.99 Å². The summed E-state index contributed by atoms with van der Waals surface area (Å²) >= 11 is 9.25. The van der Waals surface area contributed by atoms with Crippen LogP contribution in [0.5, 0.6) is 5.75 Å². The summed E-state index contributed by atoms with van der Waals surface area (Å²) in [5.74, 6) is 0.799. The fourth-order valence-corrected chi connectivity index (χ4v) is 2.20. The summed E-state index contributed by atoms with van der Waals surface area (Å²) in [6.07, 6.45) is 0. The van der Waals surface area contributed by atoms with Crippen molar-refractivity contribution in [1.82, 2.24) is 0 Å². The van der Waals surface area contributed by atoms with Gasteiger partial charge < -0.3 is 4.74 Å². The molecular weight excluding hydrogens is 238 g/mol. The maximum atomic E-state index is 5.74. The molecule has 0 bridgehead atoms. The minimum atomic E-state index is 0.386. The lowest BCUT2D eigenvalue weighted by Crippen LogP contribution is -2.02. The second-order valence-electron chi connectivity index (χ2n) is 2.56. The summed E-state index contributed by atoms with van der Waals surface area (Å²) in [6.45, 7) is 0.386. The third kappa shape index (κ3) is 2.83. The van der Waals surface area contributed by atoms with Crippen LogP contribution in [0.4, 0.5) is 0 Å². The first-order chi connectivity index (χ1) is 6.84. The van der Waals surface area contributed by atoms with Gasteiger partial charge in [-0.15, -0.1) is 0 Å². The zero-order valence-electron chi connectivity index (χ0n) is 7.27. The molecule has 0 aliphatic carbocycles. The van der Waals surface area contributed by atoms with Crippen molar-refractivity contribution in [1.29, 1.82) is 0 Å². The first-order valence-electron chi connectivity index (χ1n) is 4.03. The Hall–Kier alpha value is -0.320. The minimum absolute atomic E-state index is 0.386. The highest BCUT2D eigenvalue weighted by Gasteiger charge is 2.10. The predicted octanol–water partition coefficient (Wildman–Crippen LogP) is 3.47. The Morgan fingerprint density at radius 3 is 2.57 bits per heavy atom. The largest absolute Gasteiger partial charge is 0.471 e. The Labute approximate surface area is 96.1 Å². The number of aliphatic imine (C=N–C) groups is 1. The molecule has 1 saturated heterocycles. The monoisotopic (exact) mass is 245 g/mol. The van der Waals surface area contributed by atoms with Crippen LogP contribution in [-0.4, -0.2) is 16.2 Å². The van der Waals surface area contributed by atoms with Gasteiger partial charge in [0.25, 0.3) is 0 Å². The predicted molar refractivity (Wildman–Crippen MR) is 64.4 cm³/mol. The van der Waals surface area contributed by atoms with Crippen molar-refractivity contribution >= 4 is 39.5 Å². The summed E-state index contributed by atoms with van der Waals surface area (Å²) in [6, 6.07) is 7.28. The topological polar surface area (TPSA) is 21.6 Å². The lowest BCUT2D eigenvalue weighted by atomic mass is 10.3. The molecule has 0 radical (unpaired) electrons. The van der Waals surface area contributed by atoms with E-state index in [-0.39, 0.29) is 0 Å². The number of nitrogens with zero attached hydrogens (tertiary/aromatic N) is 1. The van der Waals surface area contributed by atoms with E-state index in [4.69, 9.17) is 16.3 Å².